The Labute approximate surface area is 117 Å². The molecule has 0 amide bonds. The number of anilines is 1. The van der Waals surface area contributed by atoms with E-state index in [1.165, 1.54) is 4.68 Å². The maximum absolute atomic E-state index is 12.1. The van der Waals surface area contributed by atoms with Crippen molar-refractivity contribution in [3.63, 3.8) is 0 Å². The molecule has 0 saturated heterocycles. The highest BCUT2D eigenvalue weighted by Gasteiger charge is 2.36. The Balaban J connectivity index is 2.23. The van der Waals surface area contributed by atoms with Crippen molar-refractivity contribution in [3.05, 3.63) is 21.6 Å². The van der Waals surface area contributed by atoms with Gasteiger partial charge in [-0.25, -0.2) is 4.68 Å². The fourth-order valence-corrected chi connectivity index (χ4v) is 2.43. The summed E-state index contributed by atoms with van der Waals surface area (Å²) in [6.45, 7) is 4.62. The van der Waals surface area contributed by atoms with Gasteiger partial charge in [-0.2, -0.15) is 5.10 Å². The first kappa shape index (κ1) is 14.3. The molecule has 0 spiro atoms. The summed E-state index contributed by atoms with van der Waals surface area (Å²) in [7, 11) is 0. The molecule has 1 heterocycles. The number of halogens is 1. The highest BCUT2D eigenvalue weighted by atomic mass is 35.5. The van der Waals surface area contributed by atoms with Gasteiger partial charge >= 0.3 is 0 Å². The van der Waals surface area contributed by atoms with Crippen LogP contribution >= 0.6 is 11.6 Å². The van der Waals surface area contributed by atoms with Crippen LogP contribution in [0, 0.1) is 5.92 Å². The Kier molecular flexibility index (Phi) is 4.16. The van der Waals surface area contributed by atoms with E-state index in [9.17, 15) is 9.90 Å². The molecule has 0 unspecified atom stereocenters. The molecule has 5 nitrogen and oxygen atoms in total. The maximum Gasteiger partial charge on any atom is 0.287 e. The van der Waals surface area contributed by atoms with E-state index in [1.807, 2.05) is 13.8 Å². The minimum absolute atomic E-state index is 0.0401. The Morgan fingerprint density at radius 3 is 2.74 bits per heavy atom. The van der Waals surface area contributed by atoms with Crippen LogP contribution in [-0.4, -0.2) is 27.0 Å². The van der Waals surface area contributed by atoms with E-state index in [1.54, 1.807) is 6.20 Å². The van der Waals surface area contributed by atoms with E-state index in [0.717, 1.165) is 19.3 Å². The third-order valence-corrected chi connectivity index (χ3v) is 3.90. The number of aromatic nitrogens is 2. The second-order valence-corrected chi connectivity index (χ2v) is 6.05. The third kappa shape index (κ3) is 2.92. The summed E-state index contributed by atoms with van der Waals surface area (Å²) in [6.07, 6.45) is 4.41. The molecule has 0 aromatic carbocycles. The molecule has 1 aromatic rings. The molecule has 0 radical (unpaired) electrons. The molecule has 2 rings (SSSR count). The Morgan fingerprint density at radius 1 is 1.58 bits per heavy atom. The third-order valence-electron chi connectivity index (χ3n) is 3.54. The highest BCUT2D eigenvalue weighted by Crippen LogP contribution is 2.35. The summed E-state index contributed by atoms with van der Waals surface area (Å²) in [4.78, 5) is 12.1. The van der Waals surface area contributed by atoms with Gasteiger partial charge in [0.05, 0.1) is 24.0 Å². The van der Waals surface area contributed by atoms with Crippen molar-refractivity contribution in [1.82, 2.24) is 9.78 Å². The van der Waals surface area contributed by atoms with E-state index in [-0.39, 0.29) is 22.7 Å². The number of nitrogens with zero attached hydrogens (tertiary/aromatic N) is 2. The van der Waals surface area contributed by atoms with Gasteiger partial charge in [0, 0.05) is 6.54 Å². The number of rotatable bonds is 5. The second-order valence-electron chi connectivity index (χ2n) is 5.67. The van der Waals surface area contributed by atoms with Gasteiger partial charge < -0.3 is 10.4 Å². The van der Waals surface area contributed by atoms with Gasteiger partial charge in [-0.3, -0.25) is 4.79 Å². The number of hydrogen-bond acceptors (Lipinski definition) is 4. The van der Waals surface area contributed by atoms with E-state index in [2.05, 4.69) is 10.4 Å². The van der Waals surface area contributed by atoms with Gasteiger partial charge in [-0.1, -0.05) is 25.4 Å². The van der Waals surface area contributed by atoms with Crippen molar-refractivity contribution < 1.29 is 5.11 Å². The molecule has 1 aromatic heterocycles. The summed E-state index contributed by atoms with van der Waals surface area (Å²) in [6, 6.07) is 0. The summed E-state index contributed by atoms with van der Waals surface area (Å²) >= 11 is 6.11. The van der Waals surface area contributed by atoms with Crippen LogP contribution in [0.25, 0.3) is 0 Å². The van der Waals surface area contributed by atoms with Crippen LogP contribution < -0.4 is 10.9 Å². The second kappa shape index (κ2) is 5.51. The minimum Gasteiger partial charge on any atom is -0.394 e. The van der Waals surface area contributed by atoms with E-state index >= 15 is 0 Å². The number of nitrogens with one attached hydrogen (secondary N) is 1. The van der Waals surface area contributed by atoms with Gasteiger partial charge in [0.25, 0.3) is 5.56 Å². The molecule has 1 aliphatic rings. The largest absolute Gasteiger partial charge is 0.394 e. The maximum atomic E-state index is 12.1. The van der Waals surface area contributed by atoms with Gasteiger partial charge in [-0.15, -0.1) is 0 Å². The van der Waals surface area contributed by atoms with Crippen molar-refractivity contribution in [3.8, 4) is 0 Å². The lowest BCUT2D eigenvalue weighted by atomic mass is 9.77. The molecule has 1 saturated carbocycles. The standard InChI is InChI=1S/C13H20ClN3O2/c1-9(2)7-17-12(19)11(14)10(6-15-17)16-13(8-18)4-3-5-13/h6,9,16,18H,3-5,7-8H2,1-2H3. The zero-order chi connectivity index (χ0) is 14.0. The number of hydrogen-bond donors (Lipinski definition) is 2. The van der Waals surface area contributed by atoms with Gasteiger partial charge in [-0.05, 0) is 25.2 Å². The predicted molar refractivity (Wildman–Crippen MR) is 75.6 cm³/mol. The van der Waals surface area contributed by atoms with Gasteiger partial charge in [0.15, 0.2) is 0 Å². The molecule has 19 heavy (non-hydrogen) atoms. The number of aliphatic hydroxyl groups excluding tert-OH is 1. The quantitative estimate of drug-likeness (QED) is 0.867. The Morgan fingerprint density at radius 2 is 2.26 bits per heavy atom. The van der Waals surface area contributed by atoms with Crippen molar-refractivity contribution in [2.24, 2.45) is 5.92 Å². The van der Waals surface area contributed by atoms with Crippen LogP contribution in [0.3, 0.4) is 0 Å². The van der Waals surface area contributed by atoms with Crippen LogP contribution in [0.4, 0.5) is 5.69 Å². The predicted octanol–water partition coefficient (Wildman–Crippen LogP) is 1.88. The summed E-state index contributed by atoms with van der Waals surface area (Å²) < 4.78 is 1.38. The molecule has 0 bridgehead atoms. The van der Waals surface area contributed by atoms with Gasteiger partial charge in [0.1, 0.15) is 5.02 Å². The van der Waals surface area contributed by atoms with E-state index < -0.39 is 0 Å². The zero-order valence-electron chi connectivity index (χ0n) is 11.3. The smallest absolute Gasteiger partial charge is 0.287 e. The normalized spacial score (nSPS) is 17.3. The van der Waals surface area contributed by atoms with Crippen LogP contribution in [0.15, 0.2) is 11.0 Å². The average molecular weight is 286 g/mol. The number of aliphatic hydroxyl groups is 1. The van der Waals surface area contributed by atoms with Crippen LogP contribution in [0.2, 0.25) is 5.02 Å². The lowest BCUT2D eigenvalue weighted by molar-refractivity contribution is 0.144. The SMILES string of the molecule is CC(C)Cn1ncc(NC2(CO)CCC2)c(Cl)c1=O. The molecule has 1 fully saturated rings. The fourth-order valence-electron chi connectivity index (χ4n) is 2.24. The van der Waals surface area contributed by atoms with Crippen molar-refractivity contribution in [2.45, 2.75) is 45.2 Å². The van der Waals surface area contributed by atoms with Crippen molar-refractivity contribution >= 4 is 17.3 Å². The summed E-state index contributed by atoms with van der Waals surface area (Å²) in [5, 5.41) is 16.9. The Hall–Kier alpha value is -1.07. The zero-order valence-corrected chi connectivity index (χ0v) is 12.1. The monoisotopic (exact) mass is 285 g/mol. The van der Waals surface area contributed by atoms with E-state index in [4.69, 9.17) is 11.6 Å². The molecule has 1 aliphatic carbocycles. The molecule has 0 aliphatic heterocycles. The molecule has 106 valence electrons. The lowest BCUT2D eigenvalue weighted by Crippen LogP contribution is -2.48. The molecule has 0 atom stereocenters. The van der Waals surface area contributed by atoms with Crippen LogP contribution in [0.1, 0.15) is 33.1 Å². The summed E-state index contributed by atoms with van der Waals surface area (Å²) in [5.41, 5.74) is -0.102. The minimum atomic E-state index is -0.331. The topological polar surface area (TPSA) is 67.2 Å². The van der Waals surface area contributed by atoms with Crippen LogP contribution in [0.5, 0.6) is 0 Å². The molecular weight excluding hydrogens is 266 g/mol. The molecular formula is C13H20ClN3O2. The highest BCUT2D eigenvalue weighted by molar-refractivity contribution is 6.32. The fraction of sp³-hybridized carbons (Fsp3) is 0.692. The molecule has 6 heteroatoms. The molecule has 2 N–H and O–H groups in total. The Bertz CT molecular complexity index is 504. The average Bonchev–Trinajstić information content (AvgIpc) is 2.32. The van der Waals surface area contributed by atoms with Crippen LogP contribution in [-0.2, 0) is 6.54 Å². The first-order valence-electron chi connectivity index (χ1n) is 6.62. The van der Waals surface area contributed by atoms with Crippen molar-refractivity contribution in [2.75, 3.05) is 11.9 Å². The first-order valence-corrected chi connectivity index (χ1v) is 7.00. The van der Waals surface area contributed by atoms with Crippen molar-refractivity contribution in [1.29, 1.82) is 0 Å². The van der Waals surface area contributed by atoms with Gasteiger partial charge in [0.2, 0.25) is 0 Å². The first-order chi connectivity index (χ1) is 8.97. The lowest BCUT2D eigenvalue weighted by Gasteiger charge is -2.41. The summed E-state index contributed by atoms with van der Waals surface area (Å²) in [5.74, 6) is 0.329. The van der Waals surface area contributed by atoms with E-state index in [0.29, 0.717) is 18.2 Å².